The molecule has 0 spiro atoms. The predicted octanol–water partition coefficient (Wildman–Crippen LogP) is 2.05. The molecule has 7 heteroatoms. The minimum atomic E-state index is -2.45. The predicted molar refractivity (Wildman–Crippen MR) is 43.1 cm³/mol. The number of alkyl halides is 3. The first kappa shape index (κ1) is 10.2. The van der Waals surface area contributed by atoms with Crippen LogP contribution in [0.1, 0.15) is 18.2 Å². The molecule has 0 fully saturated rings. The van der Waals surface area contributed by atoms with Gasteiger partial charge >= 0.3 is 6.01 Å². The highest BCUT2D eigenvalue weighted by Gasteiger charge is 2.11. The van der Waals surface area contributed by atoms with E-state index in [0.29, 0.717) is 0 Å². The zero-order valence-electron chi connectivity index (χ0n) is 6.80. The number of hydrogen-bond acceptors (Lipinski definition) is 4. The molecule has 0 radical (unpaired) electrons. The molecule has 0 saturated carbocycles. The van der Waals surface area contributed by atoms with E-state index in [1.54, 1.807) is 6.92 Å². The molecule has 0 saturated heterocycles. The van der Waals surface area contributed by atoms with Crippen molar-refractivity contribution in [3.05, 3.63) is 5.89 Å². The Morgan fingerprint density at radius 3 is 2.69 bits per heavy atom. The summed E-state index contributed by atoms with van der Waals surface area (Å²) in [5.74, 6) is 0.207. The highest BCUT2D eigenvalue weighted by molar-refractivity contribution is 6.20. The molecule has 0 aliphatic carbocycles. The third-order valence-corrected chi connectivity index (χ3v) is 1.38. The van der Waals surface area contributed by atoms with Gasteiger partial charge < -0.3 is 9.73 Å². The fourth-order valence-corrected chi connectivity index (χ4v) is 0.719. The molecule has 1 rings (SSSR count). The third kappa shape index (κ3) is 3.14. The fourth-order valence-electron chi connectivity index (χ4n) is 0.631. The first-order valence-electron chi connectivity index (χ1n) is 3.59. The number of nitrogens with one attached hydrogen (secondary N) is 1. The zero-order valence-corrected chi connectivity index (χ0v) is 7.55. The number of rotatable bonds is 4. The molecule has 0 aromatic carbocycles. The summed E-state index contributed by atoms with van der Waals surface area (Å²) >= 11 is 5.61. The molecule has 1 aromatic heterocycles. The number of nitrogens with zero attached hydrogens (tertiary/aromatic N) is 2. The van der Waals surface area contributed by atoms with Gasteiger partial charge in [-0.2, -0.15) is 0 Å². The molecule has 0 aliphatic heterocycles. The minimum absolute atomic E-state index is 0.0391. The average Bonchev–Trinajstić information content (AvgIpc) is 2.48. The van der Waals surface area contributed by atoms with Gasteiger partial charge in [0.1, 0.15) is 5.38 Å². The van der Waals surface area contributed by atoms with Crippen molar-refractivity contribution in [3.8, 4) is 0 Å². The Hall–Kier alpha value is -0.910. The Labute approximate surface area is 78.3 Å². The summed E-state index contributed by atoms with van der Waals surface area (Å²) in [7, 11) is 0. The van der Waals surface area contributed by atoms with Crippen molar-refractivity contribution in [1.29, 1.82) is 0 Å². The largest absolute Gasteiger partial charge is 0.407 e. The normalized spacial score (nSPS) is 13.3. The van der Waals surface area contributed by atoms with Crippen molar-refractivity contribution < 1.29 is 13.2 Å². The van der Waals surface area contributed by atoms with Gasteiger partial charge in [0.15, 0.2) is 0 Å². The summed E-state index contributed by atoms with van der Waals surface area (Å²) in [5.41, 5.74) is 0. The van der Waals surface area contributed by atoms with E-state index in [-0.39, 0.29) is 11.9 Å². The molecule has 4 nitrogen and oxygen atoms in total. The lowest BCUT2D eigenvalue weighted by Crippen LogP contribution is -2.10. The van der Waals surface area contributed by atoms with Crippen LogP contribution in [0.15, 0.2) is 4.42 Å². The van der Waals surface area contributed by atoms with E-state index in [9.17, 15) is 8.78 Å². The van der Waals surface area contributed by atoms with Crippen LogP contribution in [-0.4, -0.2) is 23.2 Å². The second-order valence-corrected chi connectivity index (χ2v) is 2.99. The van der Waals surface area contributed by atoms with E-state index in [2.05, 4.69) is 15.5 Å². The van der Waals surface area contributed by atoms with Crippen LogP contribution in [0.25, 0.3) is 0 Å². The lowest BCUT2D eigenvalue weighted by Gasteiger charge is -1.98. The molecule has 0 bridgehead atoms. The molecule has 1 N–H and O–H groups in total. The van der Waals surface area contributed by atoms with Crippen LogP contribution in [0.2, 0.25) is 0 Å². The van der Waals surface area contributed by atoms with Gasteiger partial charge in [0.2, 0.25) is 5.89 Å². The third-order valence-electron chi connectivity index (χ3n) is 1.19. The second kappa shape index (κ2) is 4.36. The Bertz CT molecular complexity index is 266. The van der Waals surface area contributed by atoms with Crippen molar-refractivity contribution >= 4 is 17.6 Å². The topological polar surface area (TPSA) is 51.0 Å². The molecule has 1 atom stereocenters. The maximum absolute atomic E-state index is 11.7. The van der Waals surface area contributed by atoms with E-state index >= 15 is 0 Å². The van der Waals surface area contributed by atoms with Crippen molar-refractivity contribution in [2.24, 2.45) is 0 Å². The summed E-state index contributed by atoms with van der Waals surface area (Å²) in [6, 6.07) is -0.0391. The maximum atomic E-state index is 11.7. The highest BCUT2D eigenvalue weighted by Crippen LogP contribution is 2.19. The molecule has 1 heterocycles. The van der Waals surface area contributed by atoms with Crippen LogP contribution in [0.4, 0.5) is 14.8 Å². The average molecular weight is 212 g/mol. The van der Waals surface area contributed by atoms with Gasteiger partial charge in [-0.05, 0) is 6.92 Å². The van der Waals surface area contributed by atoms with Crippen LogP contribution in [0.3, 0.4) is 0 Å². The lowest BCUT2D eigenvalue weighted by molar-refractivity contribution is 0.162. The summed E-state index contributed by atoms with van der Waals surface area (Å²) in [4.78, 5) is 0. The lowest BCUT2D eigenvalue weighted by atomic mass is 10.5. The quantitative estimate of drug-likeness (QED) is 0.775. The molecule has 1 aromatic rings. The van der Waals surface area contributed by atoms with E-state index in [1.165, 1.54) is 0 Å². The number of hydrogen-bond donors (Lipinski definition) is 1. The Balaban J connectivity index is 2.49. The van der Waals surface area contributed by atoms with E-state index in [0.717, 1.165) is 0 Å². The van der Waals surface area contributed by atoms with Crippen LogP contribution >= 0.6 is 11.6 Å². The summed E-state index contributed by atoms with van der Waals surface area (Å²) < 4.78 is 28.3. The van der Waals surface area contributed by atoms with Crippen LogP contribution in [0, 0.1) is 0 Å². The molecule has 0 amide bonds. The van der Waals surface area contributed by atoms with Gasteiger partial charge in [-0.3, -0.25) is 0 Å². The minimum Gasteiger partial charge on any atom is -0.407 e. The molecule has 0 aliphatic rings. The SMILES string of the molecule is CC(Cl)c1nnc(NCC(F)F)o1. The summed E-state index contributed by atoms with van der Waals surface area (Å²) in [5, 5.41) is 8.85. The monoisotopic (exact) mass is 211 g/mol. The zero-order chi connectivity index (χ0) is 9.84. The van der Waals surface area contributed by atoms with E-state index in [1.807, 2.05) is 0 Å². The van der Waals surface area contributed by atoms with Crippen molar-refractivity contribution in [2.45, 2.75) is 18.7 Å². The van der Waals surface area contributed by atoms with Gasteiger partial charge in [0, 0.05) is 0 Å². The summed E-state index contributed by atoms with van der Waals surface area (Å²) in [6.07, 6.45) is -2.45. The van der Waals surface area contributed by atoms with Gasteiger partial charge in [-0.1, -0.05) is 5.10 Å². The maximum Gasteiger partial charge on any atom is 0.315 e. The molecule has 13 heavy (non-hydrogen) atoms. The molecular formula is C6H8ClF2N3O. The van der Waals surface area contributed by atoms with E-state index < -0.39 is 18.3 Å². The van der Waals surface area contributed by atoms with Gasteiger partial charge in [-0.15, -0.1) is 16.7 Å². The van der Waals surface area contributed by atoms with Crippen LogP contribution in [0.5, 0.6) is 0 Å². The fraction of sp³-hybridized carbons (Fsp3) is 0.667. The Morgan fingerprint density at radius 2 is 2.23 bits per heavy atom. The number of halogens is 3. The molecular weight excluding hydrogens is 204 g/mol. The van der Waals surface area contributed by atoms with Crippen molar-refractivity contribution in [1.82, 2.24) is 10.2 Å². The highest BCUT2D eigenvalue weighted by atomic mass is 35.5. The smallest absolute Gasteiger partial charge is 0.315 e. The van der Waals surface area contributed by atoms with Crippen LogP contribution in [-0.2, 0) is 0 Å². The molecule has 1 unspecified atom stereocenters. The first-order chi connectivity index (χ1) is 6.09. The van der Waals surface area contributed by atoms with E-state index in [4.69, 9.17) is 16.0 Å². The second-order valence-electron chi connectivity index (χ2n) is 2.33. The Kier molecular flexibility index (Phi) is 3.41. The number of aromatic nitrogens is 2. The van der Waals surface area contributed by atoms with Crippen molar-refractivity contribution in [3.63, 3.8) is 0 Å². The van der Waals surface area contributed by atoms with Gasteiger partial charge in [0.25, 0.3) is 6.43 Å². The van der Waals surface area contributed by atoms with Crippen molar-refractivity contribution in [2.75, 3.05) is 11.9 Å². The standard InChI is InChI=1S/C6H8ClF2N3O/c1-3(7)5-11-12-6(13-5)10-2-4(8)9/h3-4H,2H2,1H3,(H,10,12). The first-order valence-corrected chi connectivity index (χ1v) is 4.02. The van der Waals surface area contributed by atoms with Crippen LogP contribution < -0.4 is 5.32 Å². The van der Waals surface area contributed by atoms with Gasteiger partial charge in [-0.25, -0.2) is 8.78 Å². The molecule has 74 valence electrons. The Morgan fingerprint density at radius 1 is 1.54 bits per heavy atom. The summed E-state index contributed by atoms with van der Waals surface area (Å²) in [6.45, 7) is 1.13. The van der Waals surface area contributed by atoms with Gasteiger partial charge in [0.05, 0.1) is 6.54 Å². The number of anilines is 1.